The number of carboxylic acid groups (broad SMARTS) is 1. The van der Waals surface area contributed by atoms with Crippen LogP contribution in [-0.4, -0.2) is 17.1 Å². The molecule has 0 spiro atoms. The zero-order chi connectivity index (χ0) is 14.1. The summed E-state index contributed by atoms with van der Waals surface area (Å²) >= 11 is 0. The number of benzene rings is 3. The maximum Gasteiger partial charge on any atom is 0.325 e. The van der Waals surface area contributed by atoms with Gasteiger partial charge in [0.25, 0.3) is 0 Å². The van der Waals surface area contributed by atoms with Gasteiger partial charge in [-0.1, -0.05) is 48.5 Å². The van der Waals surface area contributed by atoms with Crippen molar-refractivity contribution in [3.8, 4) is 0 Å². The third kappa shape index (κ3) is 2.07. The molecule has 0 saturated heterocycles. The first-order chi connectivity index (χ1) is 9.66. The highest BCUT2D eigenvalue weighted by Gasteiger charge is 2.14. The van der Waals surface area contributed by atoms with Crippen LogP contribution in [-0.2, 0) is 4.79 Å². The number of carboxylic acids is 1. The number of rotatable bonds is 3. The summed E-state index contributed by atoms with van der Waals surface area (Å²) in [6.45, 7) is 1.65. The Hall–Kier alpha value is -2.55. The average Bonchev–Trinajstić information content (AvgIpc) is 2.46. The van der Waals surface area contributed by atoms with Gasteiger partial charge < -0.3 is 10.4 Å². The summed E-state index contributed by atoms with van der Waals surface area (Å²) in [5, 5.41) is 16.5. The molecule has 3 rings (SSSR count). The smallest absolute Gasteiger partial charge is 0.325 e. The van der Waals surface area contributed by atoms with E-state index < -0.39 is 12.0 Å². The summed E-state index contributed by atoms with van der Waals surface area (Å²) in [5.74, 6) is -0.859. The van der Waals surface area contributed by atoms with Gasteiger partial charge in [0, 0.05) is 10.8 Å². The number of carbonyl (C=O) groups is 1. The molecule has 0 aliphatic carbocycles. The van der Waals surface area contributed by atoms with E-state index in [-0.39, 0.29) is 0 Å². The Labute approximate surface area is 116 Å². The zero-order valence-corrected chi connectivity index (χ0v) is 11.1. The minimum atomic E-state index is -0.859. The fourth-order valence-electron chi connectivity index (χ4n) is 2.45. The first-order valence-corrected chi connectivity index (χ1v) is 6.56. The van der Waals surface area contributed by atoms with Gasteiger partial charge in [-0.25, -0.2) is 0 Å². The fraction of sp³-hybridized carbons (Fsp3) is 0.118. The van der Waals surface area contributed by atoms with Crippen molar-refractivity contribution in [3.05, 3.63) is 54.6 Å². The number of aliphatic carboxylic acids is 1. The Morgan fingerprint density at radius 3 is 2.00 bits per heavy atom. The van der Waals surface area contributed by atoms with Crippen molar-refractivity contribution in [3.63, 3.8) is 0 Å². The second-order valence-electron chi connectivity index (χ2n) is 4.90. The lowest BCUT2D eigenvalue weighted by molar-refractivity contribution is -0.137. The van der Waals surface area contributed by atoms with Crippen molar-refractivity contribution in [2.75, 3.05) is 5.32 Å². The van der Waals surface area contributed by atoms with Crippen LogP contribution in [0.25, 0.3) is 21.5 Å². The summed E-state index contributed by atoms with van der Waals surface area (Å²) in [6.07, 6.45) is 0. The van der Waals surface area contributed by atoms with Crippen molar-refractivity contribution < 1.29 is 9.90 Å². The third-order valence-electron chi connectivity index (χ3n) is 3.50. The van der Waals surface area contributed by atoms with Gasteiger partial charge in [0.05, 0.1) is 5.69 Å². The van der Waals surface area contributed by atoms with Crippen molar-refractivity contribution >= 4 is 33.2 Å². The largest absolute Gasteiger partial charge is 0.480 e. The maximum absolute atomic E-state index is 11.1. The Balaban J connectivity index is 2.30. The van der Waals surface area contributed by atoms with E-state index in [0.29, 0.717) is 0 Å². The molecule has 0 radical (unpaired) electrons. The molecule has 2 N–H and O–H groups in total. The van der Waals surface area contributed by atoms with Gasteiger partial charge in [-0.05, 0) is 23.8 Å². The molecule has 0 aliphatic rings. The standard InChI is InChI=1S/C17H15NO2/c1-11(17(19)20)18-16-14-8-4-2-6-12(14)10-13-7-3-5-9-15(13)16/h2-11,18H,1H3,(H,19,20). The summed E-state index contributed by atoms with van der Waals surface area (Å²) < 4.78 is 0. The second-order valence-corrected chi connectivity index (χ2v) is 4.90. The second kappa shape index (κ2) is 4.85. The van der Waals surface area contributed by atoms with Crippen LogP contribution >= 0.6 is 0 Å². The van der Waals surface area contributed by atoms with Gasteiger partial charge in [-0.3, -0.25) is 4.79 Å². The predicted molar refractivity (Wildman–Crippen MR) is 82.2 cm³/mol. The molecule has 0 heterocycles. The van der Waals surface area contributed by atoms with Crippen LogP contribution in [0.15, 0.2) is 54.6 Å². The first-order valence-electron chi connectivity index (χ1n) is 6.56. The van der Waals surface area contributed by atoms with E-state index in [2.05, 4.69) is 11.4 Å². The van der Waals surface area contributed by atoms with Gasteiger partial charge in [0.1, 0.15) is 6.04 Å². The monoisotopic (exact) mass is 265 g/mol. The maximum atomic E-state index is 11.1. The topological polar surface area (TPSA) is 49.3 Å². The molecule has 3 aromatic rings. The Bertz CT molecular complexity index is 741. The lowest BCUT2D eigenvalue weighted by Gasteiger charge is -2.16. The van der Waals surface area contributed by atoms with E-state index in [4.69, 9.17) is 5.11 Å². The average molecular weight is 265 g/mol. The molecule has 0 aromatic heterocycles. The van der Waals surface area contributed by atoms with Gasteiger partial charge in [-0.2, -0.15) is 0 Å². The highest BCUT2D eigenvalue weighted by Crippen LogP contribution is 2.33. The highest BCUT2D eigenvalue weighted by atomic mass is 16.4. The molecule has 0 aliphatic heterocycles. The Kier molecular flexibility index (Phi) is 3.03. The number of nitrogens with one attached hydrogen (secondary N) is 1. The minimum absolute atomic E-state index is 0.635. The minimum Gasteiger partial charge on any atom is -0.480 e. The van der Waals surface area contributed by atoms with Crippen LogP contribution in [0.3, 0.4) is 0 Å². The van der Waals surface area contributed by atoms with Crippen LogP contribution in [0.1, 0.15) is 6.92 Å². The molecule has 1 unspecified atom stereocenters. The van der Waals surface area contributed by atoms with Crippen LogP contribution in [0, 0.1) is 0 Å². The van der Waals surface area contributed by atoms with E-state index in [9.17, 15) is 4.79 Å². The molecule has 0 saturated carbocycles. The van der Waals surface area contributed by atoms with Crippen LogP contribution in [0.4, 0.5) is 5.69 Å². The fourth-order valence-corrected chi connectivity index (χ4v) is 2.45. The number of hydrogen-bond acceptors (Lipinski definition) is 2. The normalized spacial score (nSPS) is 12.4. The highest BCUT2D eigenvalue weighted by molar-refractivity contribution is 6.11. The van der Waals surface area contributed by atoms with E-state index >= 15 is 0 Å². The molecule has 3 heteroatoms. The van der Waals surface area contributed by atoms with Crippen molar-refractivity contribution in [2.24, 2.45) is 0 Å². The van der Waals surface area contributed by atoms with E-state index in [1.165, 1.54) is 0 Å². The Morgan fingerprint density at radius 1 is 1.00 bits per heavy atom. The molecule has 20 heavy (non-hydrogen) atoms. The van der Waals surface area contributed by atoms with E-state index in [1.807, 2.05) is 48.5 Å². The van der Waals surface area contributed by atoms with E-state index in [1.54, 1.807) is 6.92 Å². The first kappa shape index (κ1) is 12.5. The molecular formula is C17H15NO2. The molecule has 1 atom stereocenters. The quantitative estimate of drug-likeness (QED) is 0.706. The lowest BCUT2D eigenvalue weighted by Crippen LogP contribution is -2.25. The lowest BCUT2D eigenvalue weighted by atomic mass is 10.0. The zero-order valence-electron chi connectivity index (χ0n) is 11.1. The summed E-state index contributed by atoms with van der Waals surface area (Å²) in [5.41, 5.74) is 0.883. The summed E-state index contributed by atoms with van der Waals surface area (Å²) in [6, 6.07) is 17.5. The van der Waals surface area contributed by atoms with Gasteiger partial charge in [0.2, 0.25) is 0 Å². The SMILES string of the molecule is CC(Nc1c2ccccc2cc2ccccc12)C(=O)O. The van der Waals surface area contributed by atoms with Gasteiger partial charge in [-0.15, -0.1) is 0 Å². The molecule has 0 fully saturated rings. The number of hydrogen-bond donors (Lipinski definition) is 2. The van der Waals surface area contributed by atoms with Crippen molar-refractivity contribution in [1.82, 2.24) is 0 Å². The molecule has 3 aromatic carbocycles. The van der Waals surface area contributed by atoms with Crippen LogP contribution in [0.5, 0.6) is 0 Å². The molecule has 0 bridgehead atoms. The Morgan fingerprint density at radius 2 is 1.50 bits per heavy atom. The third-order valence-corrected chi connectivity index (χ3v) is 3.50. The van der Waals surface area contributed by atoms with Crippen molar-refractivity contribution in [1.29, 1.82) is 0 Å². The van der Waals surface area contributed by atoms with Gasteiger partial charge in [0.15, 0.2) is 0 Å². The number of anilines is 1. The molecular weight excluding hydrogens is 250 g/mol. The van der Waals surface area contributed by atoms with Crippen LogP contribution < -0.4 is 5.32 Å². The summed E-state index contributed by atoms with van der Waals surface area (Å²) in [7, 11) is 0. The van der Waals surface area contributed by atoms with E-state index in [0.717, 1.165) is 27.2 Å². The van der Waals surface area contributed by atoms with Crippen molar-refractivity contribution in [2.45, 2.75) is 13.0 Å². The van der Waals surface area contributed by atoms with Gasteiger partial charge >= 0.3 is 5.97 Å². The molecule has 100 valence electrons. The molecule has 0 amide bonds. The number of fused-ring (bicyclic) bond motifs is 2. The van der Waals surface area contributed by atoms with Crippen LogP contribution in [0.2, 0.25) is 0 Å². The molecule has 3 nitrogen and oxygen atoms in total. The predicted octanol–water partition coefficient (Wildman–Crippen LogP) is 3.88. The summed E-state index contributed by atoms with van der Waals surface area (Å²) in [4.78, 5) is 11.1.